The lowest BCUT2D eigenvalue weighted by Gasteiger charge is -2.41. The molecule has 1 saturated carbocycles. The van der Waals surface area contributed by atoms with Gasteiger partial charge in [-0.2, -0.15) is 0 Å². The Kier molecular flexibility index (Phi) is 6.30. The van der Waals surface area contributed by atoms with Gasteiger partial charge in [-0.15, -0.1) is 0 Å². The second kappa shape index (κ2) is 7.99. The summed E-state index contributed by atoms with van der Waals surface area (Å²) in [5, 5.41) is 6.93. The van der Waals surface area contributed by atoms with Crippen LogP contribution in [-0.2, 0) is 4.74 Å². The highest BCUT2D eigenvalue weighted by molar-refractivity contribution is 5.80. The topological polar surface area (TPSA) is 48.9 Å². The SMILES string of the molecule is CCNC(=NCCN1CCOCC1(C)C)NC1CCCC1. The van der Waals surface area contributed by atoms with Gasteiger partial charge in [0.25, 0.3) is 0 Å². The lowest BCUT2D eigenvalue weighted by Crippen LogP contribution is -2.53. The van der Waals surface area contributed by atoms with Crippen molar-refractivity contribution in [3.63, 3.8) is 0 Å². The molecule has 5 heteroatoms. The van der Waals surface area contributed by atoms with Gasteiger partial charge in [-0.1, -0.05) is 12.8 Å². The van der Waals surface area contributed by atoms with Crippen LogP contribution in [0, 0.1) is 0 Å². The molecule has 1 aliphatic heterocycles. The van der Waals surface area contributed by atoms with Crippen molar-refractivity contribution >= 4 is 5.96 Å². The van der Waals surface area contributed by atoms with Gasteiger partial charge in [0.05, 0.1) is 19.8 Å². The van der Waals surface area contributed by atoms with Gasteiger partial charge in [-0.3, -0.25) is 9.89 Å². The lowest BCUT2D eigenvalue weighted by atomic mass is 10.0. The summed E-state index contributed by atoms with van der Waals surface area (Å²) in [5.41, 5.74) is 0.130. The van der Waals surface area contributed by atoms with Crippen molar-refractivity contribution in [2.75, 3.05) is 39.4 Å². The monoisotopic (exact) mass is 296 g/mol. The normalized spacial score (nSPS) is 24.2. The van der Waals surface area contributed by atoms with E-state index in [1.54, 1.807) is 0 Å². The number of rotatable bonds is 5. The van der Waals surface area contributed by atoms with Crippen molar-refractivity contribution in [2.45, 2.75) is 58.0 Å². The smallest absolute Gasteiger partial charge is 0.191 e. The van der Waals surface area contributed by atoms with Crippen LogP contribution in [0.25, 0.3) is 0 Å². The number of guanidine groups is 1. The summed E-state index contributed by atoms with van der Waals surface area (Å²) in [7, 11) is 0. The Bertz CT molecular complexity index is 337. The number of hydrogen-bond acceptors (Lipinski definition) is 3. The highest BCUT2D eigenvalue weighted by Crippen LogP contribution is 2.18. The van der Waals surface area contributed by atoms with E-state index in [0.717, 1.165) is 45.4 Å². The molecule has 2 N–H and O–H groups in total. The van der Waals surface area contributed by atoms with Crippen molar-refractivity contribution in [3.05, 3.63) is 0 Å². The summed E-state index contributed by atoms with van der Waals surface area (Å²) in [4.78, 5) is 7.23. The van der Waals surface area contributed by atoms with E-state index in [9.17, 15) is 0 Å². The molecular weight excluding hydrogens is 264 g/mol. The van der Waals surface area contributed by atoms with E-state index in [1.807, 2.05) is 0 Å². The van der Waals surface area contributed by atoms with Crippen LogP contribution in [0.5, 0.6) is 0 Å². The average Bonchev–Trinajstić information content (AvgIpc) is 2.93. The first-order chi connectivity index (χ1) is 10.1. The second-order valence-corrected chi connectivity index (χ2v) is 6.74. The summed E-state index contributed by atoms with van der Waals surface area (Å²) < 4.78 is 5.57. The number of hydrogen-bond donors (Lipinski definition) is 2. The average molecular weight is 296 g/mol. The van der Waals surface area contributed by atoms with Crippen LogP contribution in [-0.4, -0.2) is 61.8 Å². The number of morpholine rings is 1. The van der Waals surface area contributed by atoms with Gasteiger partial charge in [0.2, 0.25) is 0 Å². The molecule has 122 valence electrons. The minimum atomic E-state index is 0.130. The maximum Gasteiger partial charge on any atom is 0.191 e. The van der Waals surface area contributed by atoms with Gasteiger partial charge in [0.15, 0.2) is 5.96 Å². The van der Waals surface area contributed by atoms with Gasteiger partial charge >= 0.3 is 0 Å². The van der Waals surface area contributed by atoms with Crippen molar-refractivity contribution in [2.24, 2.45) is 4.99 Å². The summed E-state index contributed by atoms with van der Waals surface area (Å²) in [6.45, 7) is 12.0. The molecule has 0 aromatic rings. The van der Waals surface area contributed by atoms with E-state index >= 15 is 0 Å². The van der Waals surface area contributed by atoms with Gasteiger partial charge < -0.3 is 15.4 Å². The maximum atomic E-state index is 5.57. The molecule has 1 aliphatic carbocycles. The molecule has 0 amide bonds. The third-order valence-corrected chi connectivity index (χ3v) is 4.50. The largest absolute Gasteiger partial charge is 0.378 e. The standard InChI is InChI=1S/C16H32N4O/c1-4-17-15(19-14-7-5-6-8-14)18-9-10-20-11-12-21-13-16(20,2)3/h14H,4-13H2,1-3H3,(H2,17,18,19). The molecule has 0 aromatic carbocycles. The van der Waals surface area contributed by atoms with Gasteiger partial charge in [-0.05, 0) is 33.6 Å². The maximum absolute atomic E-state index is 5.57. The summed E-state index contributed by atoms with van der Waals surface area (Å²) in [6, 6.07) is 0.614. The van der Waals surface area contributed by atoms with Crippen molar-refractivity contribution in [1.29, 1.82) is 0 Å². The summed E-state index contributed by atoms with van der Waals surface area (Å²) >= 11 is 0. The number of nitrogens with zero attached hydrogens (tertiary/aromatic N) is 2. The summed E-state index contributed by atoms with van der Waals surface area (Å²) in [6.07, 6.45) is 5.25. The highest BCUT2D eigenvalue weighted by Gasteiger charge is 2.29. The number of nitrogens with one attached hydrogen (secondary N) is 2. The molecule has 0 bridgehead atoms. The van der Waals surface area contributed by atoms with Crippen LogP contribution >= 0.6 is 0 Å². The van der Waals surface area contributed by atoms with Crippen LogP contribution in [0.15, 0.2) is 4.99 Å². The molecule has 0 unspecified atom stereocenters. The Morgan fingerprint density at radius 1 is 1.33 bits per heavy atom. The molecule has 0 spiro atoms. The quantitative estimate of drug-likeness (QED) is 0.597. The molecule has 0 atom stereocenters. The van der Waals surface area contributed by atoms with Gasteiger partial charge in [0, 0.05) is 31.2 Å². The van der Waals surface area contributed by atoms with Gasteiger partial charge in [0.1, 0.15) is 0 Å². The van der Waals surface area contributed by atoms with Crippen LogP contribution in [0.2, 0.25) is 0 Å². The van der Waals surface area contributed by atoms with E-state index in [2.05, 4.69) is 36.3 Å². The first-order valence-corrected chi connectivity index (χ1v) is 8.49. The minimum Gasteiger partial charge on any atom is -0.378 e. The van der Waals surface area contributed by atoms with Crippen molar-refractivity contribution in [3.8, 4) is 0 Å². The predicted octanol–water partition coefficient (Wildman–Crippen LogP) is 1.59. The van der Waals surface area contributed by atoms with Crippen LogP contribution in [0.4, 0.5) is 0 Å². The predicted molar refractivity (Wildman–Crippen MR) is 87.8 cm³/mol. The fraction of sp³-hybridized carbons (Fsp3) is 0.938. The molecule has 2 rings (SSSR count). The third kappa shape index (κ3) is 5.15. The minimum absolute atomic E-state index is 0.130. The molecular formula is C16H32N4O. The number of ether oxygens (including phenoxy) is 1. The first-order valence-electron chi connectivity index (χ1n) is 8.49. The number of aliphatic imine (C=N–C) groups is 1. The summed E-state index contributed by atoms with van der Waals surface area (Å²) in [5.74, 6) is 0.982. The molecule has 0 aromatic heterocycles. The first kappa shape index (κ1) is 16.6. The van der Waals surface area contributed by atoms with Crippen LogP contribution in [0.1, 0.15) is 46.5 Å². The van der Waals surface area contributed by atoms with Crippen molar-refractivity contribution in [1.82, 2.24) is 15.5 Å². The molecule has 1 saturated heterocycles. The zero-order chi connectivity index (χ0) is 15.1. The van der Waals surface area contributed by atoms with E-state index in [4.69, 9.17) is 9.73 Å². The van der Waals surface area contributed by atoms with E-state index in [1.165, 1.54) is 25.7 Å². The Morgan fingerprint density at radius 2 is 2.10 bits per heavy atom. The lowest BCUT2D eigenvalue weighted by molar-refractivity contribution is -0.0491. The molecule has 2 aliphatic rings. The fourth-order valence-corrected chi connectivity index (χ4v) is 3.17. The molecule has 21 heavy (non-hydrogen) atoms. The van der Waals surface area contributed by atoms with Crippen LogP contribution in [0.3, 0.4) is 0 Å². The molecule has 0 radical (unpaired) electrons. The molecule has 2 fully saturated rings. The zero-order valence-corrected chi connectivity index (χ0v) is 14.0. The van der Waals surface area contributed by atoms with Gasteiger partial charge in [-0.25, -0.2) is 0 Å². The van der Waals surface area contributed by atoms with E-state index in [0.29, 0.717) is 6.04 Å². The van der Waals surface area contributed by atoms with E-state index in [-0.39, 0.29) is 5.54 Å². The second-order valence-electron chi connectivity index (χ2n) is 6.74. The molecule has 1 heterocycles. The Labute approximate surface area is 129 Å². The third-order valence-electron chi connectivity index (χ3n) is 4.50. The van der Waals surface area contributed by atoms with Crippen LogP contribution < -0.4 is 10.6 Å². The zero-order valence-electron chi connectivity index (χ0n) is 14.0. The Morgan fingerprint density at radius 3 is 2.76 bits per heavy atom. The Hall–Kier alpha value is -0.810. The fourth-order valence-electron chi connectivity index (χ4n) is 3.17. The Balaban J connectivity index is 1.80. The van der Waals surface area contributed by atoms with E-state index < -0.39 is 0 Å². The highest BCUT2D eigenvalue weighted by atomic mass is 16.5. The van der Waals surface area contributed by atoms with Crippen molar-refractivity contribution < 1.29 is 4.74 Å². The molecule has 5 nitrogen and oxygen atoms in total.